The van der Waals surface area contributed by atoms with Crippen molar-refractivity contribution in [2.24, 2.45) is 7.05 Å². The van der Waals surface area contributed by atoms with Crippen LogP contribution < -0.4 is 10.6 Å². The summed E-state index contributed by atoms with van der Waals surface area (Å²) in [5.41, 5.74) is 1.25. The zero-order chi connectivity index (χ0) is 21.8. The van der Waals surface area contributed by atoms with Gasteiger partial charge in [0.15, 0.2) is 0 Å². The number of carbonyl (C=O) groups excluding carboxylic acids is 2. The summed E-state index contributed by atoms with van der Waals surface area (Å²) in [7, 11) is 1.77. The van der Waals surface area contributed by atoms with E-state index in [0.717, 1.165) is 5.69 Å². The van der Waals surface area contributed by atoms with Crippen molar-refractivity contribution in [2.75, 3.05) is 23.7 Å². The predicted molar refractivity (Wildman–Crippen MR) is 118 cm³/mol. The van der Waals surface area contributed by atoms with E-state index in [-0.39, 0.29) is 23.9 Å². The molecular formula is C20H27Cl2N5O2. The Bertz CT molecular complexity index is 889. The van der Waals surface area contributed by atoms with Gasteiger partial charge in [-0.15, -0.1) is 0 Å². The molecule has 0 atom stereocenters. The maximum absolute atomic E-state index is 12.6. The molecule has 0 fully saturated rings. The minimum atomic E-state index is -0.388. The van der Waals surface area contributed by atoms with Gasteiger partial charge in [0.05, 0.1) is 15.7 Å². The van der Waals surface area contributed by atoms with E-state index in [4.69, 9.17) is 23.2 Å². The third-order valence-electron chi connectivity index (χ3n) is 4.20. The van der Waals surface area contributed by atoms with Crippen LogP contribution in [0.25, 0.3) is 0 Å². The van der Waals surface area contributed by atoms with Crippen molar-refractivity contribution in [1.82, 2.24) is 14.7 Å². The Hall–Kier alpha value is -2.25. The maximum atomic E-state index is 12.6. The second kappa shape index (κ2) is 9.50. The van der Waals surface area contributed by atoms with E-state index in [9.17, 15) is 9.59 Å². The molecule has 0 saturated carbocycles. The molecule has 29 heavy (non-hydrogen) atoms. The smallest absolute Gasteiger partial charge is 0.315 e. The molecule has 0 unspecified atom stereocenters. The number of nitrogens with one attached hydrogen (secondary N) is 2. The summed E-state index contributed by atoms with van der Waals surface area (Å²) >= 11 is 11.9. The monoisotopic (exact) mass is 439 g/mol. The SMILES string of the molecule is CCCN(CC(=O)Nc1cc(C(C)(C)C)nn1C)C(=O)Nc1ccc(Cl)c(Cl)c1. The van der Waals surface area contributed by atoms with Crippen LogP contribution in [0.1, 0.15) is 39.8 Å². The predicted octanol–water partition coefficient (Wildman–Crippen LogP) is 4.91. The molecule has 158 valence electrons. The van der Waals surface area contributed by atoms with Crippen molar-refractivity contribution in [3.05, 3.63) is 40.0 Å². The molecule has 7 nitrogen and oxygen atoms in total. The van der Waals surface area contributed by atoms with E-state index < -0.39 is 0 Å². The van der Waals surface area contributed by atoms with Crippen LogP contribution in [-0.4, -0.2) is 39.7 Å². The van der Waals surface area contributed by atoms with Gasteiger partial charge >= 0.3 is 6.03 Å². The fraction of sp³-hybridized carbons (Fsp3) is 0.450. The van der Waals surface area contributed by atoms with Crippen molar-refractivity contribution in [3.8, 4) is 0 Å². The van der Waals surface area contributed by atoms with Crippen molar-refractivity contribution in [2.45, 2.75) is 39.5 Å². The normalized spacial score (nSPS) is 11.3. The van der Waals surface area contributed by atoms with E-state index >= 15 is 0 Å². The molecule has 0 aliphatic heterocycles. The summed E-state index contributed by atoms with van der Waals surface area (Å²) in [6.07, 6.45) is 0.710. The van der Waals surface area contributed by atoms with Gasteiger partial charge in [-0.05, 0) is 24.6 Å². The molecule has 1 heterocycles. The third-order valence-corrected chi connectivity index (χ3v) is 4.94. The Morgan fingerprint density at radius 1 is 1.14 bits per heavy atom. The van der Waals surface area contributed by atoms with Gasteiger partial charge in [-0.3, -0.25) is 9.48 Å². The van der Waals surface area contributed by atoms with Crippen LogP contribution in [0.15, 0.2) is 24.3 Å². The van der Waals surface area contributed by atoms with E-state index in [2.05, 4.69) is 36.5 Å². The molecule has 1 aromatic carbocycles. The maximum Gasteiger partial charge on any atom is 0.322 e. The Morgan fingerprint density at radius 2 is 1.83 bits per heavy atom. The van der Waals surface area contributed by atoms with Crippen LogP contribution in [0, 0.1) is 0 Å². The van der Waals surface area contributed by atoms with Crippen LogP contribution in [0.5, 0.6) is 0 Å². The second-order valence-corrected chi connectivity index (χ2v) is 8.63. The zero-order valence-corrected chi connectivity index (χ0v) is 18.9. The third kappa shape index (κ3) is 6.37. The molecule has 2 rings (SSSR count). The fourth-order valence-corrected chi connectivity index (χ4v) is 2.90. The minimum absolute atomic E-state index is 0.0863. The number of aromatic nitrogens is 2. The van der Waals surface area contributed by atoms with Gasteiger partial charge in [0.2, 0.25) is 5.91 Å². The number of rotatable bonds is 6. The lowest BCUT2D eigenvalue weighted by Crippen LogP contribution is -2.41. The topological polar surface area (TPSA) is 79.3 Å². The van der Waals surface area contributed by atoms with E-state index in [0.29, 0.717) is 34.5 Å². The van der Waals surface area contributed by atoms with Crippen molar-refractivity contribution < 1.29 is 9.59 Å². The van der Waals surface area contributed by atoms with Crippen LogP contribution in [0.3, 0.4) is 0 Å². The zero-order valence-electron chi connectivity index (χ0n) is 17.3. The molecule has 9 heteroatoms. The number of hydrogen-bond acceptors (Lipinski definition) is 3. The quantitative estimate of drug-likeness (QED) is 0.670. The Morgan fingerprint density at radius 3 is 2.38 bits per heavy atom. The number of hydrogen-bond donors (Lipinski definition) is 2. The first-order chi connectivity index (χ1) is 13.5. The van der Waals surface area contributed by atoms with Gasteiger partial charge in [-0.1, -0.05) is 50.9 Å². The summed E-state index contributed by atoms with van der Waals surface area (Å²) in [6, 6.07) is 6.28. The summed E-state index contributed by atoms with van der Waals surface area (Å²) < 4.78 is 1.62. The number of nitrogens with zero attached hydrogens (tertiary/aromatic N) is 3. The highest BCUT2D eigenvalue weighted by atomic mass is 35.5. The largest absolute Gasteiger partial charge is 0.322 e. The highest BCUT2D eigenvalue weighted by Crippen LogP contribution is 2.25. The Labute approximate surface area is 181 Å². The highest BCUT2D eigenvalue weighted by Gasteiger charge is 2.21. The molecule has 2 N–H and O–H groups in total. The number of urea groups is 1. The first-order valence-electron chi connectivity index (χ1n) is 9.36. The Balaban J connectivity index is 2.05. The number of aryl methyl sites for hydroxylation is 1. The highest BCUT2D eigenvalue weighted by molar-refractivity contribution is 6.42. The van der Waals surface area contributed by atoms with Crippen LogP contribution in [0.2, 0.25) is 10.0 Å². The van der Waals surface area contributed by atoms with E-state index in [1.807, 2.05) is 13.0 Å². The first kappa shape index (κ1) is 23.0. The van der Waals surface area contributed by atoms with E-state index in [1.54, 1.807) is 29.9 Å². The van der Waals surface area contributed by atoms with Gasteiger partial charge in [-0.25, -0.2) is 4.79 Å². The van der Waals surface area contributed by atoms with Crippen LogP contribution in [-0.2, 0) is 17.3 Å². The van der Waals surface area contributed by atoms with Crippen molar-refractivity contribution >= 4 is 46.6 Å². The second-order valence-electron chi connectivity index (χ2n) is 7.82. The molecule has 0 aliphatic carbocycles. The fourth-order valence-electron chi connectivity index (χ4n) is 2.61. The number of halogens is 2. The van der Waals surface area contributed by atoms with Gasteiger partial charge in [0.1, 0.15) is 12.4 Å². The van der Waals surface area contributed by atoms with Crippen LogP contribution in [0.4, 0.5) is 16.3 Å². The lowest BCUT2D eigenvalue weighted by atomic mass is 9.92. The van der Waals surface area contributed by atoms with Crippen molar-refractivity contribution in [3.63, 3.8) is 0 Å². The molecule has 0 radical (unpaired) electrons. The van der Waals surface area contributed by atoms with Gasteiger partial charge in [-0.2, -0.15) is 5.10 Å². The van der Waals surface area contributed by atoms with E-state index in [1.165, 1.54) is 4.90 Å². The summed E-state index contributed by atoms with van der Waals surface area (Å²) in [5.74, 6) is 0.285. The van der Waals surface area contributed by atoms with Gasteiger partial charge < -0.3 is 15.5 Å². The summed E-state index contributed by atoms with van der Waals surface area (Å²) in [5, 5.41) is 10.8. The number of benzene rings is 1. The van der Waals surface area contributed by atoms with Gasteiger partial charge in [0.25, 0.3) is 0 Å². The molecular weight excluding hydrogens is 413 g/mol. The number of carbonyl (C=O) groups is 2. The summed E-state index contributed by atoms with van der Waals surface area (Å²) in [6.45, 7) is 8.44. The van der Waals surface area contributed by atoms with Crippen LogP contribution >= 0.6 is 23.2 Å². The van der Waals surface area contributed by atoms with Gasteiger partial charge in [0, 0.05) is 30.8 Å². The van der Waals surface area contributed by atoms with Crippen molar-refractivity contribution in [1.29, 1.82) is 0 Å². The average Bonchev–Trinajstić information content (AvgIpc) is 2.98. The molecule has 0 bridgehead atoms. The molecule has 2 aromatic rings. The molecule has 3 amide bonds. The lowest BCUT2D eigenvalue weighted by molar-refractivity contribution is -0.116. The first-order valence-corrected chi connectivity index (χ1v) is 10.1. The molecule has 1 aromatic heterocycles. The molecule has 0 aliphatic rings. The number of anilines is 2. The summed E-state index contributed by atoms with van der Waals surface area (Å²) in [4.78, 5) is 26.6. The minimum Gasteiger partial charge on any atom is -0.315 e. The Kier molecular flexibility index (Phi) is 7.54. The standard InChI is InChI=1S/C20H27Cl2N5O2/c1-6-9-27(19(29)23-13-7-8-14(21)15(22)10-13)12-18(28)24-17-11-16(20(2,3)4)25-26(17)5/h7-8,10-11H,6,9,12H2,1-5H3,(H,23,29)(H,24,28). The molecule has 0 saturated heterocycles. The average molecular weight is 440 g/mol. The molecule has 0 spiro atoms. The lowest BCUT2D eigenvalue weighted by Gasteiger charge is -2.22. The number of amides is 3.